The lowest BCUT2D eigenvalue weighted by atomic mass is 9.82. The molecule has 0 saturated carbocycles. The van der Waals surface area contributed by atoms with Crippen LogP contribution in [0.25, 0.3) is 0 Å². The van der Waals surface area contributed by atoms with Crippen molar-refractivity contribution >= 4 is 0 Å². The van der Waals surface area contributed by atoms with E-state index in [1.54, 1.807) is 0 Å². The molecular weight excluding hydrogens is 586 g/mol. The van der Waals surface area contributed by atoms with E-state index >= 15 is 0 Å². The van der Waals surface area contributed by atoms with Crippen LogP contribution in [0.1, 0.15) is 64.7 Å². The maximum atomic E-state index is 11.1. The molecule has 15 atom stereocenters. The first kappa shape index (κ1) is 37.8. The van der Waals surface area contributed by atoms with Crippen LogP contribution >= 0.6 is 0 Å². The second-order valence-corrected chi connectivity index (χ2v) is 12.3. The predicted octanol–water partition coefficient (Wildman–Crippen LogP) is -3.77. The normalized spacial score (nSPS) is 45.0. The molecule has 0 aromatic heterocycles. The Morgan fingerprint density at radius 3 is 1.70 bits per heavy atom. The molecule has 3 fully saturated rings. The molecule has 0 radical (unpaired) electrons. The van der Waals surface area contributed by atoms with Gasteiger partial charge in [0.05, 0.1) is 37.9 Å². The van der Waals surface area contributed by atoms with E-state index in [1.807, 2.05) is 0 Å². The molecule has 44 heavy (non-hydrogen) atoms. The van der Waals surface area contributed by atoms with Crippen LogP contribution in [0.15, 0.2) is 0 Å². The lowest BCUT2D eigenvalue weighted by Crippen LogP contribution is -2.71. The summed E-state index contributed by atoms with van der Waals surface area (Å²) < 4.78 is 28.7. The highest BCUT2D eigenvalue weighted by molar-refractivity contribution is 5.03. The largest absolute Gasteiger partial charge is 0.394 e. The summed E-state index contributed by atoms with van der Waals surface area (Å²) in [5, 5.41) is 83.3. The standard InChI is InChI=1S/C28H55N3O13/c1-2-3-4-5-6-7-8-9-10-28(13-34)24(38)21(37)18(31)27(44-28)43-23-15(12-33)41-26(17(30)20(23)36)42-22-14(11-32)40-25(39)16(29)19(22)35/h14-27,32-39H,2-13,29-31H2,1H3/t14-,15-,16-,17-,18-,19-,20-,21-,22?,23?,24+,25-,26+,27+,28-/m1/s1. The molecule has 16 nitrogen and oxygen atoms in total. The van der Waals surface area contributed by atoms with Crippen LogP contribution < -0.4 is 17.2 Å². The molecule has 0 bridgehead atoms. The predicted molar refractivity (Wildman–Crippen MR) is 153 cm³/mol. The van der Waals surface area contributed by atoms with Gasteiger partial charge in [0, 0.05) is 0 Å². The molecular formula is C28H55N3O13. The van der Waals surface area contributed by atoms with Crippen LogP contribution in [0.5, 0.6) is 0 Å². The third-order valence-electron chi connectivity index (χ3n) is 9.05. The maximum absolute atomic E-state index is 11.1. The van der Waals surface area contributed by atoms with Gasteiger partial charge in [0.1, 0.15) is 54.4 Å². The first-order chi connectivity index (χ1) is 21.0. The van der Waals surface area contributed by atoms with Crippen molar-refractivity contribution < 1.29 is 64.5 Å². The minimum atomic E-state index is -1.59. The average Bonchev–Trinajstić information content (AvgIpc) is 3.02. The summed E-state index contributed by atoms with van der Waals surface area (Å²) in [5.74, 6) is 0. The van der Waals surface area contributed by atoms with Gasteiger partial charge < -0.3 is 81.7 Å². The highest BCUT2D eigenvalue weighted by atomic mass is 16.7. The highest BCUT2D eigenvalue weighted by Gasteiger charge is 2.55. The van der Waals surface area contributed by atoms with Crippen molar-refractivity contribution in [2.24, 2.45) is 17.2 Å². The Morgan fingerprint density at radius 1 is 0.636 bits per heavy atom. The topological polar surface area (TPSA) is 286 Å². The van der Waals surface area contributed by atoms with Crippen molar-refractivity contribution in [2.45, 2.75) is 156 Å². The molecule has 0 aromatic carbocycles. The number of hydrogen-bond donors (Lipinski definition) is 11. The Balaban J connectivity index is 1.66. The Kier molecular flexibility index (Phi) is 15.0. The fraction of sp³-hybridized carbons (Fsp3) is 1.00. The number of ether oxygens (including phenoxy) is 5. The molecule has 3 aliphatic heterocycles. The maximum Gasteiger partial charge on any atom is 0.176 e. The summed E-state index contributed by atoms with van der Waals surface area (Å²) in [6.07, 6.45) is -7.37. The van der Waals surface area contributed by atoms with Crippen LogP contribution in [0.2, 0.25) is 0 Å². The Bertz CT molecular complexity index is 832. The molecule has 3 saturated heterocycles. The molecule has 3 aliphatic rings. The van der Waals surface area contributed by atoms with Crippen molar-refractivity contribution in [3.63, 3.8) is 0 Å². The lowest BCUT2D eigenvalue weighted by Gasteiger charge is -2.51. The summed E-state index contributed by atoms with van der Waals surface area (Å²) >= 11 is 0. The quantitative estimate of drug-likeness (QED) is 0.0721. The zero-order valence-electron chi connectivity index (χ0n) is 25.4. The van der Waals surface area contributed by atoms with Gasteiger partial charge in [-0.2, -0.15) is 0 Å². The van der Waals surface area contributed by atoms with E-state index in [1.165, 1.54) is 12.8 Å². The van der Waals surface area contributed by atoms with E-state index in [0.717, 1.165) is 32.1 Å². The number of aliphatic hydroxyl groups is 8. The van der Waals surface area contributed by atoms with Gasteiger partial charge in [0.25, 0.3) is 0 Å². The molecule has 0 amide bonds. The number of unbranched alkanes of at least 4 members (excludes halogenated alkanes) is 7. The first-order valence-electron chi connectivity index (χ1n) is 15.8. The number of hydrogen-bond acceptors (Lipinski definition) is 16. The summed E-state index contributed by atoms with van der Waals surface area (Å²) in [6.45, 7) is 0.174. The molecule has 0 spiro atoms. The molecule has 2 unspecified atom stereocenters. The molecule has 16 heteroatoms. The fourth-order valence-electron chi connectivity index (χ4n) is 6.11. The van der Waals surface area contributed by atoms with Crippen LogP contribution in [-0.2, 0) is 23.7 Å². The van der Waals surface area contributed by atoms with E-state index < -0.39 is 111 Å². The van der Waals surface area contributed by atoms with Crippen LogP contribution in [-0.4, -0.2) is 152 Å². The van der Waals surface area contributed by atoms with E-state index in [4.69, 9.17) is 40.9 Å². The van der Waals surface area contributed by atoms with Crippen LogP contribution in [0.3, 0.4) is 0 Å². The highest BCUT2D eigenvalue weighted by Crippen LogP contribution is 2.36. The Labute approximate surface area is 258 Å². The summed E-state index contributed by atoms with van der Waals surface area (Å²) in [5.41, 5.74) is 16.5. The lowest BCUT2D eigenvalue weighted by molar-refractivity contribution is -0.361. The summed E-state index contributed by atoms with van der Waals surface area (Å²) in [7, 11) is 0. The van der Waals surface area contributed by atoms with Gasteiger partial charge >= 0.3 is 0 Å². The van der Waals surface area contributed by atoms with E-state index in [9.17, 15) is 40.9 Å². The minimum absolute atomic E-state index is 0.209. The smallest absolute Gasteiger partial charge is 0.176 e. The minimum Gasteiger partial charge on any atom is -0.394 e. The van der Waals surface area contributed by atoms with Crippen molar-refractivity contribution in [1.29, 1.82) is 0 Å². The molecule has 260 valence electrons. The third kappa shape index (κ3) is 8.63. The molecule has 14 N–H and O–H groups in total. The van der Waals surface area contributed by atoms with Crippen molar-refractivity contribution in [3.05, 3.63) is 0 Å². The molecule has 0 aliphatic carbocycles. The van der Waals surface area contributed by atoms with Gasteiger partial charge in [-0.1, -0.05) is 58.3 Å². The van der Waals surface area contributed by atoms with Gasteiger partial charge in [-0.15, -0.1) is 0 Å². The average molecular weight is 642 g/mol. The second-order valence-electron chi connectivity index (χ2n) is 12.3. The summed E-state index contributed by atoms with van der Waals surface area (Å²) in [6, 6.07) is -3.91. The number of aliphatic hydroxyl groups excluding tert-OH is 8. The van der Waals surface area contributed by atoms with Crippen molar-refractivity contribution in [1.82, 2.24) is 0 Å². The zero-order valence-corrected chi connectivity index (χ0v) is 25.4. The van der Waals surface area contributed by atoms with Crippen LogP contribution in [0.4, 0.5) is 0 Å². The van der Waals surface area contributed by atoms with Crippen molar-refractivity contribution in [3.8, 4) is 0 Å². The number of rotatable bonds is 16. The van der Waals surface area contributed by atoms with Gasteiger partial charge in [-0.05, 0) is 6.42 Å². The first-order valence-corrected chi connectivity index (χ1v) is 15.8. The number of nitrogens with two attached hydrogens (primary N) is 3. The molecule has 3 rings (SSSR count). The van der Waals surface area contributed by atoms with E-state index in [0.29, 0.717) is 6.42 Å². The van der Waals surface area contributed by atoms with Gasteiger partial charge in [-0.25, -0.2) is 0 Å². The third-order valence-corrected chi connectivity index (χ3v) is 9.05. The van der Waals surface area contributed by atoms with E-state index in [2.05, 4.69) is 6.92 Å². The van der Waals surface area contributed by atoms with Gasteiger partial charge in [-0.3, -0.25) is 0 Å². The monoisotopic (exact) mass is 641 g/mol. The molecule has 0 aromatic rings. The Hall–Kier alpha value is -0.640. The van der Waals surface area contributed by atoms with Crippen molar-refractivity contribution in [2.75, 3.05) is 19.8 Å². The SMILES string of the molecule is CCCCCCCCCC[C@]1(CO)O[C@H](OC2[C@@H](CO)O[C@@H](OC3[C@@H](CO)O[C@@H](O)[C@H](N)[C@H]3O)[C@H](N)[C@H]2O)[C@H](N)[C@@H](O)[C@@H]1O. The van der Waals surface area contributed by atoms with Crippen LogP contribution in [0, 0.1) is 0 Å². The molecule has 3 heterocycles. The Morgan fingerprint density at radius 2 is 1.14 bits per heavy atom. The van der Waals surface area contributed by atoms with Gasteiger partial charge in [0.2, 0.25) is 0 Å². The second kappa shape index (κ2) is 17.5. The fourth-order valence-corrected chi connectivity index (χ4v) is 6.11. The van der Waals surface area contributed by atoms with Gasteiger partial charge in [0.15, 0.2) is 18.9 Å². The summed E-state index contributed by atoms with van der Waals surface area (Å²) in [4.78, 5) is 0. The van der Waals surface area contributed by atoms with E-state index in [-0.39, 0.29) is 6.42 Å². The zero-order chi connectivity index (χ0) is 32.6.